The van der Waals surface area contributed by atoms with Crippen LogP contribution in [0, 0.1) is 6.92 Å². The largest absolute Gasteiger partial charge is 0.493 e. The molecule has 0 radical (unpaired) electrons. The molecule has 0 atom stereocenters. The van der Waals surface area contributed by atoms with E-state index in [4.69, 9.17) is 15.4 Å². The third-order valence-electron chi connectivity index (χ3n) is 2.40. The molecular formula is C11H16BrNO3. The summed E-state index contributed by atoms with van der Waals surface area (Å²) in [6.45, 7) is 2.41. The Labute approximate surface area is 104 Å². The van der Waals surface area contributed by atoms with Gasteiger partial charge in [-0.25, -0.2) is 5.90 Å². The lowest BCUT2D eigenvalue weighted by Gasteiger charge is -2.16. The number of ether oxygens (including phenoxy) is 2. The van der Waals surface area contributed by atoms with Crippen LogP contribution in [0.5, 0.6) is 11.5 Å². The maximum Gasteiger partial charge on any atom is 0.165 e. The quantitative estimate of drug-likeness (QED) is 0.845. The lowest BCUT2D eigenvalue weighted by atomic mass is 10.1. The van der Waals surface area contributed by atoms with Crippen LogP contribution in [0.15, 0.2) is 10.5 Å². The van der Waals surface area contributed by atoms with Crippen molar-refractivity contribution in [3.63, 3.8) is 0 Å². The minimum absolute atomic E-state index is 0.439. The van der Waals surface area contributed by atoms with Gasteiger partial charge in [-0.05, 0) is 13.0 Å². The number of benzene rings is 1. The molecule has 0 amide bonds. The molecule has 0 fully saturated rings. The minimum atomic E-state index is 0.439. The summed E-state index contributed by atoms with van der Waals surface area (Å²) in [5.74, 6) is 6.50. The molecule has 1 rings (SSSR count). The maximum atomic E-state index is 5.36. The van der Waals surface area contributed by atoms with Gasteiger partial charge >= 0.3 is 0 Å². The minimum Gasteiger partial charge on any atom is -0.493 e. The molecule has 0 saturated carbocycles. The molecule has 0 saturated heterocycles. The summed E-state index contributed by atoms with van der Waals surface area (Å²) in [5, 5.41) is 0. The topological polar surface area (TPSA) is 53.7 Å². The molecule has 0 spiro atoms. The molecule has 0 aromatic heterocycles. The Morgan fingerprint density at radius 3 is 2.38 bits per heavy atom. The van der Waals surface area contributed by atoms with Crippen molar-refractivity contribution in [3.8, 4) is 11.5 Å². The zero-order valence-electron chi connectivity index (χ0n) is 9.67. The number of hydrogen-bond acceptors (Lipinski definition) is 4. The van der Waals surface area contributed by atoms with Gasteiger partial charge in [0.05, 0.1) is 20.8 Å². The number of methoxy groups -OCH3 is 2. The van der Waals surface area contributed by atoms with E-state index < -0.39 is 0 Å². The first-order valence-corrected chi connectivity index (χ1v) is 5.66. The fourth-order valence-corrected chi connectivity index (χ4v) is 2.03. The van der Waals surface area contributed by atoms with Crippen molar-refractivity contribution < 1.29 is 14.3 Å². The van der Waals surface area contributed by atoms with E-state index in [1.54, 1.807) is 14.2 Å². The highest BCUT2D eigenvalue weighted by molar-refractivity contribution is 9.10. The molecule has 90 valence electrons. The van der Waals surface area contributed by atoms with Gasteiger partial charge in [0.15, 0.2) is 11.5 Å². The van der Waals surface area contributed by atoms with Gasteiger partial charge in [-0.2, -0.15) is 0 Å². The van der Waals surface area contributed by atoms with E-state index in [-0.39, 0.29) is 0 Å². The van der Waals surface area contributed by atoms with Crippen molar-refractivity contribution in [3.05, 3.63) is 21.7 Å². The average molecular weight is 290 g/mol. The zero-order chi connectivity index (χ0) is 12.1. The average Bonchev–Trinajstić information content (AvgIpc) is 2.29. The summed E-state index contributed by atoms with van der Waals surface area (Å²) < 4.78 is 11.7. The van der Waals surface area contributed by atoms with Gasteiger partial charge in [0.25, 0.3) is 0 Å². The fraction of sp³-hybridized carbons (Fsp3) is 0.455. The number of hydrogen-bond donors (Lipinski definition) is 1. The number of nitrogens with two attached hydrogens (primary N) is 1. The van der Waals surface area contributed by atoms with Gasteiger partial charge in [-0.3, -0.25) is 0 Å². The Balaban J connectivity index is 3.20. The Morgan fingerprint density at radius 2 is 1.88 bits per heavy atom. The van der Waals surface area contributed by atoms with Crippen molar-refractivity contribution in [2.45, 2.75) is 13.3 Å². The van der Waals surface area contributed by atoms with Crippen LogP contribution in [-0.2, 0) is 11.3 Å². The van der Waals surface area contributed by atoms with E-state index in [1.165, 1.54) is 0 Å². The van der Waals surface area contributed by atoms with Crippen molar-refractivity contribution in [1.29, 1.82) is 0 Å². The van der Waals surface area contributed by atoms with Crippen molar-refractivity contribution >= 4 is 15.9 Å². The van der Waals surface area contributed by atoms with E-state index >= 15 is 0 Å². The molecule has 1 aromatic carbocycles. The third-order valence-corrected chi connectivity index (χ3v) is 3.22. The summed E-state index contributed by atoms with van der Waals surface area (Å²) in [6.07, 6.45) is 0.676. The second-order valence-electron chi connectivity index (χ2n) is 3.33. The number of halogens is 1. The lowest BCUT2D eigenvalue weighted by molar-refractivity contribution is 0.140. The summed E-state index contributed by atoms with van der Waals surface area (Å²) in [6, 6.07) is 2.00. The highest BCUT2D eigenvalue weighted by Gasteiger charge is 2.15. The summed E-state index contributed by atoms with van der Waals surface area (Å²) in [7, 11) is 3.25. The first-order valence-electron chi connectivity index (χ1n) is 4.87. The normalized spacial score (nSPS) is 10.3. The molecule has 0 bridgehead atoms. The van der Waals surface area contributed by atoms with Crippen LogP contribution in [-0.4, -0.2) is 20.8 Å². The zero-order valence-corrected chi connectivity index (χ0v) is 11.3. The molecular weight excluding hydrogens is 274 g/mol. The van der Waals surface area contributed by atoms with Crippen LogP contribution in [0.2, 0.25) is 0 Å². The standard InChI is InChI=1S/C11H16BrNO3/c1-7-9(12)6-8(4-5-16-13)11(15-3)10(7)14-2/h6H,4-5,13H2,1-3H3. The molecule has 5 heteroatoms. The predicted molar refractivity (Wildman–Crippen MR) is 65.8 cm³/mol. The highest BCUT2D eigenvalue weighted by Crippen LogP contribution is 2.39. The monoisotopic (exact) mass is 289 g/mol. The van der Waals surface area contributed by atoms with Gasteiger partial charge in [0.1, 0.15) is 0 Å². The second-order valence-corrected chi connectivity index (χ2v) is 4.18. The van der Waals surface area contributed by atoms with Gasteiger partial charge in [0.2, 0.25) is 0 Å². The van der Waals surface area contributed by atoms with E-state index in [2.05, 4.69) is 20.8 Å². The Hall–Kier alpha value is -0.780. The Morgan fingerprint density at radius 1 is 1.25 bits per heavy atom. The van der Waals surface area contributed by atoms with E-state index in [0.717, 1.165) is 27.1 Å². The van der Waals surface area contributed by atoms with Gasteiger partial charge in [-0.1, -0.05) is 15.9 Å². The van der Waals surface area contributed by atoms with E-state index in [1.807, 2.05) is 13.0 Å². The van der Waals surface area contributed by atoms with Crippen LogP contribution in [0.1, 0.15) is 11.1 Å². The van der Waals surface area contributed by atoms with Crippen molar-refractivity contribution in [1.82, 2.24) is 0 Å². The molecule has 0 heterocycles. The van der Waals surface area contributed by atoms with Crippen molar-refractivity contribution in [2.75, 3.05) is 20.8 Å². The summed E-state index contributed by atoms with van der Waals surface area (Å²) in [4.78, 5) is 4.58. The maximum absolute atomic E-state index is 5.36. The van der Waals surface area contributed by atoms with Gasteiger partial charge < -0.3 is 14.3 Å². The van der Waals surface area contributed by atoms with Crippen molar-refractivity contribution in [2.24, 2.45) is 5.90 Å². The van der Waals surface area contributed by atoms with E-state index in [0.29, 0.717) is 13.0 Å². The molecule has 0 unspecified atom stereocenters. The van der Waals surface area contributed by atoms with Gasteiger partial charge in [0, 0.05) is 22.0 Å². The Kier molecular flexibility index (Phi) is 5.05. The van der Waals surface area contributed by atoms with Crippen LogP contribution >= 0.6 is 15.9 Å². The van der Waals surface area contributed by atoms with Gasteiger partial charge in [-0.15, -0.1) is 0 Å². The fourth-order valence-electron chi connectivity index (χ4n) is 1.58. The van der Waals surface area contributed by atoms with E-state index in [9.17, 15) is 0 Å². The van der Waals surface area contributed by atoms with Crippen LogP contribution < -0.4 is 15.4 Å². The smallest absolute Gasteiger partial charge is 0.165 e. The first kappa shape index (κ1) is 13.3. The lowest BCUT2D eigenvalue weighted by Crippen LogP contribution is -2.06. The molecule has 4 nitrogen and oxygen atoms in total. The summed E-state index contributed by atoms with van der Waals surface area (Å²) in [5.41, 5.74) is 2.01. The van der Waals surface area contributed by atoms with Crippen LogP contribution in [0.4, 0.5) is 0 Å². The molecule has 0 aliphatic heterocycles. The second kappa shape index (κ2) is 6.08. The molecule has 2 N–H and O–H groups in total. The van der Waals surface area contributed by atoms with Crippen LogP contribution in [0.25, 0.3) is 0 Å². The molecule has 16 heavy (non-hydrogen) atoms. The Bertz CT molecular complexity index is 369. The number of rotatable bonds is 5. The third kappa shape index (κ3) is 2.66. The molecule has 0 aliphatic carbocycles. The van der Waals surface area contributed by atoms with Crippen LogP contribution in [0.3, 0.4) is 0 Å². The predicted octanol–water partition coefficient (Wildman–Crippen LogP) is 2.21. The first-order chi connectivity index (χ1) is 7.65. The highest BCUT2D eigenvalue weighted by atomic mass is 79.9. The summed E-state index contributed by atoms with van der Waals surface area (Å²) >= 11 is 3.49. The SMILES string of the molecule is COc1c(CCON)cc(Br)c(C)c1OC. The molecule has 1 aromatic rings. The molecule has 0 aliphatic rings.